The predicted octanol–water partition coefficient (Wildman–Crippen LogP) is 1.66. The van der Waals surface area contributed by atoms with Crippen molar-refractivity contribution < 1.29 is 0 Å². The summed E-state index contributed by atoms with van der Waals surface area (Å²) in [6, 6.07) is 8.76. The van der Waals surface area contributed by atoms with E-state index in [-0.39, 0.29) is 0 Å². The van der Waals surface area contributed by atoms with Crippen molar-refractivity contribution in [2.45, 2.75) is 19.9 Å². The van der Waals surface area contributed by atoms with Crippen molar-refractivity contribution in [1.82, 2.24) is 5.32 Å². The Hall–Kier alpha value is -1.53. The third-order valence-corrected chi connectivity index (χ3v) is 3.19. The summed E-state index contributed by atoms with van der Waals surface area (Å²) in [5.74, 6) is 0. The van der Waals surface area contributed by atoms with Gasteiger partial charge in [-0.15, -0.1) is 0 Å². The Balaban J connectivity index is 2.40. The maximum absolute atomic E-state index is 9.17. The van der Waals surface area contributed by atoms with Crippen molar-refractivity contribution in [2.75, 3.05) is 24.5 Å². The van der Waals surface area contributed by atoms with E-state index < -0.39 is 0 Å². The quantitative estimate of drug-likeness (QED) is 0.833. The SMILES string of the molecule is CCN(c1c(C)cccc1C#N)C1CNC1. The van der Waals surface area contributed by atoms with Crippen LogP contribution in [0, 0.1) is 18.3 Å². The molecule has 16 heavy (non-hydrogen) atoms. The molecule has 0 radical (unpaired) electrons. The lowest BCUT2D eigenvalue weighted by molar-refractivity contribution is 0.417. The number of hydrogen-bond acceptors (Lipinski definition) is 3. The van der Waals surface area contributed by atoms with E-state index in [1.54, 1.807) is 0 Å². The van der Waals surface area contributed by atoms with E-state index in [0.717, 1.165) is 30.9 Å². The van der Waals surface area contributed by atoms with Crippen LogP contribution in [0.4, 0.5) is 5.69 Å². The number of aryl methyl sites for hydroxylation is 1. The fourth-order valence-corrected chi connectivity index (χ4v) is 2.22. The molecule has 1 fully saturated rings. The maximum atomic E-state index is 9.17. The second-order valence-corrected chi connectivity index (χ2v) is 4.18. The van der Waals surface area contributed by atoms with Crippen LogP contribution in [0.25, 0.3) is 0 Å². The lowest BCUT2D eigenvalue weighted by Crippen LogP contribution is -2.57. The Morgan fingerprint density at radius 1 is 1.50 bits per heavy atom. The van der Waals surface area contributed by atoms with Crippen LogP contribution in [0.5, 0.6) is 0 Å². The molecule has 3 nitrogen and oxygen atoms in total. The molecule has 2 rings (SSSR count). The van der Waals surface area contributed by atoms with Gasteiger partial charge >= 0.3 is 0 Å². The van der Waals surface area contributed by atoms with Crippen molar-refractivity contribution in [3.8, 4) is 6.07 Å². The van der Waals surface area contributed by atoms with E-state index >= 15 is 0 Å². The van der Waals surface area contributed by atoms with Gasteiger partial charge in [0.1, 0.15) is 6.07 Å². The predicted molar refractivity (Wildman–Crippen MR) is 65.6 cm³/mol. The highest BCUT2D eigenvalue weighted by atomic mass is 15.2. The van der Waals surface area contributed by atoms with Gasteiger partial charge in [0.05, 0.1) is 17.3 Å². The third-order valence-electron chi connectivity index (χ3n) is 3.19. The summed E-state index contributed by atoms with van der Waals surface area (Å²) in [6.45, 7) is 7.21. The van der Waals surface area contributed by atoms with Gasteiger partial charge in [-0.1, -0.05) is 12.1 Å². The number of hydrogen-bond donors (Lipinski definition) is 1. The van der Waals surface area contributed by atoms with Crippen LogP contribution < -0.4 is 10.2 Å². The van der Waals surface area contributed by atoms with Crippen LogP contribution in [-0.2, 0) is 0 Å². The molecular formula is C13H17N3. The number of benzene rings is 1. The molecule has 0 unspecified atom stereocenters. The second-order valence-electron chi connectivity index (χ2n) is 4.18. The van der Waals surface area contributed by atoms with Crippen molar-refractivity contribution in [2.24, 2.45) is 0 Å². The molecule has 0 spiro atoms. The number of likely N-dealkylation sites (N-methyl/N-ethyl adjacent to an activating group) is 1. The van der Waals surface area contributed by atoms with E-state index in [9.17, 15) is 0 Å². The molecule has 1 saturated heterocycles. The molecule has 3 heteroatoms. The lowest BCUT2D eigenvalue weighted by atomic mass is 10.0. The molecule has 1 aromatic rings. The highest BCUT2D eigenvalue weighted by Gasteiger charge is 2.26. The van der Waals surface area contributed by atoms with Crippen LogP contribution in [0.3, 0.4) is 0 Å². The fraction of sp³-hybridized carbons (Fsp3) is 0.462. The van der Waals surface area contributed by atoms with E-state index in [4.69, 9.17) is 5.26 Å². The van der Waals surface area contributed by atoms with E-state index in [0.29, 0.717) is 6.04 Å². The number of nitrogens with zero attached hydrogens (tertiary/aromatic N) is 2. The van der Waals surface area contributed by atoms with Gasteiger partial charge in [-0.05, 0) is 25.5 Å². The van der Waals surface area contributed by atoms with E-state index in [1.807, 2.05) is 12.1 Å². The van der Waals surface area contributed by atoms with Gasteiger partial charge in [0, 0.05) is 19.6 Å². The molecule has 1 N–H and O–H groups in total. The zero-order valence-corrected chi connectivity index (χ0v) is 9.83. The summed E-state index contributed by atoms with van der Waals surface area (Å²) in [4.78, 5) is 2.34. The van der Waals surface area contributed by atoms with Crippen LogP contribution in [0.15, 0.2) is 18.2 Å². The Kier molecular flexibility index (Phi) is 3.12. The summed E-state index contributed by atoms with van der Waals surface area (Å²) >= 11 is 0. The van der Waals surface area contributed by atoms with Crippen molar-refractivity contribution in [3.63, 3.8) is 0 Å². The fourth-order valence-electron chi connectivity index (χ4n) is 2.22. The number of nitriles is 1. The van der Waals surface area contributed by atoms with Gasteiger partial charge in [0.2, 0.25) is 0 Å². The van der Waals surface area contributed by atoms with Crippen LogP contribution in [0.1, 0.15) is 18.1 Å². The molecule has 0 aliphatic carbocycles. The van der Waals surface area contributed by atoms with Gasteiger partial charge in [-0.25, -0.2) is 0 Å². The Morgan fingerprint density at radius 3 is 2.75 bits per heavy atom. The molecule has 0 amide bonds. The largest absolute Gasteiger partial charge is 0.365 e. The molecule has 1 heterocycles. The zero-order valence-electron chi connectivity index (χ0n) is 9.83. The van der Waals surface area contributed by atoms with Crippen LogP contribution in [-0.4, -0.2) is 25.7 Å². The molecular weight excluding hydrogens is 198 g/mol. The van der Waals surface area contributed by atoms with E-state index in [2.05, 4.69) is 36.2 Å². The Morgan fingerprint density at radius 2 is 2.25 bits per heavy atom. The van der Waals surface area contributed by atoms with Gasteiger partial charge < -0.3 is 10.2 Å². The summed E-state index contributed by atoms with van der Waals surface area (Å²) in [7, 11) is 0. The summed E-state index contributed by atoms with van der Waals surface area (Å²) in [5.41, 5.74) is 3.08. The molecule has 1 aliphatic rings. The minimum absolute atomic E-state index is 0.540. The minimum Gasteiger partial charge on any atom is -0.365 e. The third kappa shape index (κ3) is 1.77. The number of anilines is 1. The van der Waals surface area contributed by atoms with Gasteiger partial charge in [0.25, 0.3) is 0 Å². The summed E-state index contributed by atoms with van der Waals surface area (Å²) in [6.07, 6.45) is 0. The first-order chi connectivity index (χ1) is 7.77. The molecule has 0 bridgehead atoms. The minimum atomic E-state index is 0.540. The average molecular weight is 215 g/mol. The van der Waals surface area contributed by atoms with Gasteiger partial charge in [-0.2, -0.15) is 5.26 Å². The first-order valence-corrected chi connectivity index (χ1v) is 5.75. The highest BCUT2D eigenvalue weighted by molar-refractivity contribution is 5.64. The molecule has 1 aliphatic heterocycles. The van der Waals surface area contributed by atoms with Crippen LogP contribution in [0.2, 0.25) is 0 Å². The lowest BCUT2D eigenvalue weighted by Gasteiger charge is -2.40. The first-order valence-electron chi connectivity index (χ1n) is 5.75. The Bertz CT molecular complexity index is 416. The van der Waals surface area contributed by atoms with Gasteiger partial charge in [-0.3, -0.25) is 0 Å². The topological polar surface area (TPSA) is 39.1 Å². The van der Waals surface area contributed by atoms with Crippen molar-refractivity contribution in [3.05, 3.63) is 29.3 Å². The molecule has 0 saturated carbocycles. The molecule has 1 aromatic carbocycles. The summed E-state index contributed by atoms with van der Waals surface area (Å²) < 4.78 is 0. The van der Waals surface area contributed by atoms with E-state index in [1.165, 1.54) is 5.56 Å². The highest BCUT2D eigenvalue weighted by Crippen LogP contribution is 2.27. The van der Waals surface area contributed by atoms with Crippen LogP contribution >= 0.6 is 0 Å². The maximum Gasteiger partial charge on any atom is 0.101 e. The van der Waals surface area contributed by atoms with Crippen molar-refractivity contribution in [1.29, 1.82) is 5.26 Å². The standard InChI is InChI=1S/C13H17N3/c1-3-16(12-8-15-9-12)13-10(2)5-4-6-11(13)7-14/h4-6,12,15H,3,8-9H2,1-2H3. The Labute approximate surface area is 96.7 Å². The first kappa shape index (κ1) is 11.0. The number of rotatable bonds is 3. The normalized spacial score (nSPS) is 15.3. The van der Waals surface area contributed by atoms with Crippen molar-refractivity contribution >= 4 is 5.69 Å². The number of para-hydroxylation sites is 1. The smallest absolute Gasteiger partial charge is 0.101 e. The van der Waals surface area contributed by atoms with Gasteiger partial charge in [0.15, 0.2) is 0 Å². The molecule has 0 aromatic heterocycles. The molecule has 84 valence electrons. The second kappa shape index (κ2) is 4.54. The molecule has 0 atom stereocenters. The average Bonchev–Trinajstić information content (AvgIpc) is 2.23. The number of nitrogens with one attached hydrogen (secondary N) is 1. The zero-order chi connectivity index (χ0) is 11.5. The summed E-state index contributed by atoms with van der Waals surface area (Å²) in [5, 5.41) is 12.4. The monoisotopic (exact) mass is 215 g/mol.